The first-order chi connectivity index (χ1) is 9.06. The first kappa shape index (κ1) is 13.4. The Morgan fingerprint density at radius 2 is 2.21 bits per heavy atom. The largest absolute Gasteiger partial charge is 0.491 e. The van der Waals surface area contributed by atoms with Crippen molar-refractivity contribution < 1.29 is 9.53 Å². The van der Waals surface area contributed by atoms with E-state index in [9.17, 15) is 4.79 Å². The maximum Gasteiger partial charge on any atom is 0.273 e. The number of carbonyl (C=O) groups excluding carboxylic acids is 1. The fraction of sp³-hybridized carbons (Fsp3) is 0.231. The number of aromatic amines is 1. The molecule has 0 atom stereocenters. The zero-order valence-corrected chi connectivity index (χ0v) is 11.4. The molecule has 0 aliphatic heterocycles. The second-order valence-electron chi connectivity index (χ2n) is 4.23. The van der Waals surface area contributed by atoms with Crippen LogP contribution in [0.2, 0.25) is 5.02 Å². The Hall–Kier alpha value is -2.01. The highest BCUT2D eigenvalue weighted by Gasteiger charge is 2.10. The molecule has 0 aliphatic rings. The van der Waals surface area contributed by atoms with Crippen molar-refractivity contribution in [1.82, 2.24) is 10.2 Å². The van der Waals surface area contributed by atoms with Gasteiger partial charge in [-0.25, -0.2) is 0 Å². The molecular formula is C13H14ClN3O2. The van der Waals surface area contributed by atoms with Crippen molar-refractivity contribution in [1.29, 1.82) is 0 Å². The molecule has 0 saturated carbocycles. The van der Waals surface area contributed by atoms with E-state index >= 15 is 0 Å². The minimum atomic E-state index is -0.295. The molecule has 1 amide bonds. The number of anilines is 1. The van der Waals surface area contributed by atoms with Crippen LogP contribution in [-0.4, -0.2) is 22.2 Å². The summed E-state index contributed by atoms with van der Waals surface area (Å²) in [6.45, 7) is 3.86. The summed E-state index contributed by atoms with van der Waals surface area (Å²) in [7, 11) is 0. The van der Waals surface area contributed by atoms with Gasteiger partial charge in [0.25, 0.3) is 5.91 Å². The minimum Gasteiger partial charge on any atom is -0.491 e. The van der Waals surface area contributed by atoms with Gasteiger partial charge in [0.1, 0.15) is 11.4 Å². The smallest absolute Gasteiger partial charge is 0.273 e. The van der Waals surface area contributed by atoms with E-state index in [1.807, 2.05) is 13.8 Å². The van der Waals surface area contributed by atoms with E-state index in [0.29, 0.717) is 22.2 Å². The lowest BCUT2D eigenvalue weighted by Crippen LogP contribution is -2.13. The van der Waals surface area contributed by atoms with Gasteiger partial charge in [-0.2, -0.15) is 5.10 Å². The van der Waals surface area contributed by atoms with E-state index in [1.165, 1.54) is 6.20 Å². The Bertz CT molecular complexity index is 567. The number of hydrogen-bond donors (Lipinski definition) is 2. The van der Waals surface area contributed by atoms with Crippen molar-refractivity contribution in [2.75, 3.05) is 5.32 Å². The van der Waals surface area contributed by atoms with Crippen LogP contribution in [0.25, 0.3) is 0 Å². The molecule has 1 heterocycles. The van der Waals surface area contributed by atoms with E-state index in [0.717, 1.165) is 0 Å². The van der Waals surface area contributed by atoms with Crippen molar-refractivity contribution in [3.63, 3.8) is 0 Å². The third-order valence-electron chi connectivity index (χ3n) is 2.31. The predicted octanol–water partition coefficient (Wildman–Crippen LogP) is 3.10. The van der Waals surface area contributed by atoms with Gasteiger partial charge in [-0.05, 0) is 32.0 Å². The van der Waals surface area contributed by atoms with Gasteiger partial charge in [0.2, 0.25) is 0 Å². The van der Waals surface area contributed by atoms with Gasteiger partial charge in [-0.3, -0.25) is 9.89 Å². The second-order valence-corrected chi connectivity index (χ2v) is 4.64. The lowest BCUT2D eigenvalue weighted by Gasteiger charge is -2.12. The molecule has 2 rings (SSSR count). The van der Waals surface area contributed by atoms with Crippen LogP contribution < -0.4 is 10.1 Å². The van der Waals surface area contributed by atoms with E-state index in [4.69, 9.17) is 16.3 Å². The zero-order valence-electron chi connectivity index (χ0n) is 10.6. The molecule has 0 fully saturated rings. The molecule has 0 unspecified atom stereocenters. The molecular weight excluding hydrogens is 266 g/mol. The molecule has 6 heteroatoms. The highest BCUT2D eigenvalue weighted by Crippen LogP contribution is 2.27. The molecule has 100 valence electrons. The van der Waals surface area contributed by atoms with Crippen LogP contribution in [0.15, 0.2) is 30.5 Å². The number of benzene rings is 1. The van der Waals surface area contributed by atoms with Crippen molar-refractivity contribution >= 4 is 23.2 Å². The van der Waals surface area contributed by atoms with Gasteiger partial charge in [0, 0.05) is 12.3 Å². The average molecular weight is 280 g/mol. The van der Waals surface area contributed by atoms with Crippen LogP contribution in [0.1, 0.15) is 24.3 Å². The number of nitrogens with zero attached hydrogens (tertiary/aromatic N) is 1. The average Bonchev–Trinajstić information content (AvgIpc) is 2.85. The van der Waals surface area contributed by atoms with Crippen LogP contribution in [0, 0.1) is 0 Å². The monoisotopic (exact) mass is 279 g/mol. The van der Waals surface area contributed by atoms with E-state index in [1.54, 1.807) is 24.3 Å². The first-order valence-electron chi connectivity index (χ1n) is 5.83. The van der Waals surface area contributed by atoms with Gasteiger partial charge >= 0.3 is 0 Å². The Balaban J connectivity index is 2.11. The molecule has 2 aromatic rings. The molecule has 0 saturated heterocycles. The summed E-state index contributed by atoms with van der Waals surface area (Å²) in [6.07, 6.45) is 1.58. The van der Waals surface area contributed by atoms with Crippen LogP contribution in [0.3, 0.4) is 0 Å². The van der Waals surface area contributed by atoms with E-state index in [2.05, 4.69) is 15.5 Å². The van der Waals surface area contributed by atoms with Gasteiger partial charge in [0.05, 0.1) is 16.8 Å². The Morgan fingerprint density at radius 1 is 1.42 bits per heavy atom. The van der Waals surface area contributed by atoms with Gasteiger partial charge in [-0.1, -0.05) is 11.6 Å². The summed E-state index contributed by atoms with van der Waals surface area (Å²) in [5.74, 6) is 0.372. The highest BCUT2D eigenvalue weighted by atomic mass is 35.5. The van der Waals surface area contributed by atoms with Crippen molar-refractivity contribution in [3.05, 3.63) is 41.2 Å². The third kappa shape index (κ3) is 3.48. The molecule has 1 aromatic carbocycles. The molecule has 0 aliphatic carbocycles. The number of rotatable bonds is 4. The summed E-state index contributed by atoms with van der Waals surface area (Å²) >= 11 is 6.10. The number of carbonyl (C=O) groups is 1. The van der Waals surface area contributed by atoms with Crippen LogP contribution in [-0.2, 0) is 0 Å². The van der Waals surface area contributed by atoms with Crippen molar-refractivity contribution in [3.8, 4) is 5.75 Å². The molecule has 0 spiro atoms. The van der Waals surface area contributed by atoms with Crippen LogP contribution >= 0.6 is 11.6 Å². The second kappa shape index (κ2) is 5.75. The van der Waals surface area contributed by atoms with E-state index < -0.39 is 0 Å². The first-order valence-corrected chi connectivity index (χ1v) is 6.21. The molecule has 19 heavy (non-hydrogen) atoms. The Kier molecular flexibility index (Phi) is 4.06. The van der Waals surface area contributed by atoms with Crippen LogP contribution in [0.5, 0.6) is 5.75 Å². The standard InChI is InChI=1S/C13H14ClN3O2/c1-8(2)19-9-3-4-11(10(14)7-9)16-13(18)12-5-6-15-17-12/h3-8H,1-2H3,(H,15,17)(H,16,18). The number of H-pyrrole nitrogens is 1. The van der Waals surface area contributed by atoms with Crippen molar-refractivity contribution in [2.24, 2.45) is 0 Å². The van der Waals surface area contributed by atoms with Gasteiger partial charge in [-0.15, -0.1) is 0 Å². The SMILES string of the molecule is CC(C)Oc1ccc(NC(=O)c2ccn[nH]2)c(Cl)c1. The lowest BCUT2D eigenvalue weighted by molar-refractivity contribution is 0.102. The normalized spacial score (nSPS) is 10.5. The number of amides is 1. The minimum absolute atomic E-state index is 0.0708. The third-order valence-corrected chi connectivity index (χ3v) is 2.62. The number of halogens is 1. The molecule has 0 radical (unpaired) electrons. The predicted molar refractivity (Wildman–Crippen MR) is 73.8 cm³/mol. The summed E-state index contributed by atoms with van der Waals surface area (Å²) < 4.78 is 5.51. The molecule has 5 nitrogen and oxygen atoms in total. The van der Waals surface area contributed by atoms with Gasteiger partial charge < -0.3 is 10.1 Å². The summed E-state index contributed by atoms with van der Waals surface area (Å²) in [5.41, 5.74) is 0.899. The number of hydrogen-bond acceptors (Lipinski definition) is 3. The Labute approximate surface area is 115 Å². The maximum absolute atomic E-state index is 11.8. The lowest BCUT2D eigenvalue weighted by atomic mass is 10.3. The topological polar surface area (TPSA) is 67.0 Å². The fourth-order valence-electron chi connectivity index (χ4n) is 1.51. The summed E-state index contributed by atoms with van der Waals surface area (Å²) in [6, 6.07) is 6.71. The molecule has 0 bridgehead atoms. The number of aromatic nitrogens is 2. The van der Waals surface area contributed by atoms with Crippen molar-refractivity contribution in [2.45, 2.75) is 20.0 Å². The van der Waals surface area contributed by atoms with Gasteiger partial charge in [0.15, 0.2) is 0 Å². The molecule has 2 N–H and O–H groups in total. The molecule has 1 aromatic heterocycles. The fourth-order valence-corrected chi connectivity index (χ4v) is 1.73. The Morgan fingerprint density at radius 3 is 2.79 bits per heavy atom. The van der Waals surface area contributed by atoms with Crippen LogP contribution in [0.4, 0.5) is 5.69 Å². The summed E-state index contributed by atoms with van der Waals surface area (Å²) in [4.78, 5) is 11.8. The summed E-state index contributed by atoms with van der Waals surface area (Å²) in [5, 5.41) is 9.42. The maximum atomic E-state index is 11.8. The number of ether oxygens (including phenoxy) is 1. The number of nitrogens with one attached hydrogen (secondary N) is 2. The zero-order chi connectivity index (χ0) is 13.8. The van der Waals surface area contributed by atoms with E-state index in [-0.39, 0.29) is 12.0 Å². The highest BCUT2D eigenvalue weighted by molar-refractivity contribution is 6.34. The quantitative estimate of drug-likeness (QED) is 0.904.